The highest BCUT2D eigenvalue weighted by molar-refractivity contribution is 8.26. The first-order chi connectivity index (χ1) is 14.4. The number of pyridine rings is 1. The van der Waals surface area contributed by atoms with Crippen LogP contribution >= 0.6 is 24.0 Å². The molecule has 9 heteroatoms. The van der Waals surface area contributed by atoms with Crippen molar-refractivity contribution in [2.45, 2.75) is 33.2 Å². The highest BCUT2D eigenvalue weighted by atomic mass is 32.2. The molecule has 0 N–H and O–H groups in total. The van der Waals surface area contributed by atoms with Crippen LogP contribution in [0, 0.1) is 6.92 Å². The quantitative estimate of drug-likeness (QED) is 0.531. The summed E-state index contributed by atoms with van der Waals surface area (Å²) >= 11 is 6.68. The van der Waals surface area contributed by atoms with E-state index in [1.807, 2.05) is 32.9 Å². The minimum atomic E-state index is -0.195. The Morgan fingerprint density at radius 1 is 1.33 bits per heavy atom. The summed E-state index contributed by atoms with van der Waals surface area (Å²) in [4.78, 5) is 35.5. The Hall–Kier alpha value is -2.23. The third-order valence-corrected chi connectivity index (χ3v) is 6.84. The van der Waals surface area contributed by atoms with Gasteiger partial charge in [0.1, 0.15) is 15.8 Å². The van der Waals surface area contributed by atoms with Gasteiger partial charge in [0.05, 0.1) is 23.7 Å². The average molecular weight is 445 g/mol. The summed E-state index contributed by atoms with van der Waals surface area (Å²) in [5, 5.41) is 0. The van der Waals surface area contributed by atoms with Crippen molar-refractivity contribution in [3.8, 4) is 0 Å². The number of thiocarbonyl (C=S) groups is 1. The lowest BCUT2D eigenvalue weighted by molar-refractivity contribution is -0.123. The van der Waals surface area contributed by atoms with Gasteiger partial charge in [0.2, 0.25) is 0 Å². The van der Waals surface area contributed by atoms with E-state index >= 15 is 0 Å². The van der Waals surface area contributed by atoms with Gasteiger partial charge < -0.3 is 9.64 Å². The fourth-order valence-electron chi connectivity index (χ4n) is 3.62. The summed E-state index contributed by atoms with van der Waals surface area (Å²) in [6, 6.07) is 3.77. The highest BCUT2D eigenvalue weighted by Crippen LogP contribution is 2.35. The van der Waals surface area contributed by atoms with Gasteiger partial charge in [-0.15, -0.1) is 0 Å². The van der Waals surface area contributed by atoms with E-state index in [2.05, 4.69) is 4.90 Å². The summed E-state index contributed by atoms with van der Waals surface area (Å²) in [6.07, 6.45) is 4.18. The third-order valence-electron chi connectivity index (χ3n) is 5.51. The van der Waals surface area contributed by atoms with Gasteiger partial charge in [-0.1, -0.05) is 37.0 Å². The summed E-state index contributed by atoms with van der Waals surface area (Å²) in [7, 11) is 0. The fraction of sp³-hybridized carbons (Fsp3) is 0.429. The molecule has 0 spiro atoms. The number of nitrogens with zero attached hydrogens (tertiary/aromatic N) is 4. The van der Waals surface area contributed by atoms with E-state index in [1.54, 1.807) is 21.6 Å². The van der Waals surface area contributed by atoms with E-state index in [0.29, 0.717) is 52.6 Å². The van der Waals surface area contributed by atoms with Crippen molar-refractivity contribution in [3.63, 3.8) is 0 Å². The topological polar surface area (TPSA) is 67.2 Å². The summed E-state index contributed by atoms with van der Waals surface area (Å²) in [5.74, 6) is 0.437. The average Bonchev–Trinajstić information content (AvgIpc) is 3.03. The van der Waals surface area contributed by atoms with Gasteiger partial charge in [-0.05, 0) is 38.0 Å². The molecule has 2 aromatic rings. The molecule has 2 saturated heterocycles. The van der Waals surface area contributed by atoms with Crippen LogP contribution in [0.15, 0.2) is 28.0 Å². The molecule has 2 aliphatic rings. The van der Waals surface area contributed by atoms with E-state index < -0.39 is 0 Å². The predicted octanol–water partition coefficient (Wildman–Crippen LogP) is 2.84. The van der Waals surface area contributed by atoms with Crippen molar-refractivity contribution >= 4 is 51.7 Å². The molecule has 1 unspecified atom stereocenters. The molecule has 7 nitrogen and oxygen atoms in total. The smallest absolute Gasteiger partial charge is 0.267 e. The molecule has 0 saturated carbocycles. The predicted molar refractivity (Wildman–Crippen MR) is 124 cm³/mol. The second kappa shape index (κ2) is 8.49. The number of ether oxygens (including phenoxy) is 1. The minimum absolute atomic E-state index is 0.0144. The summed E-state index contributed by atoms with van der Waals surface area (Å²) in [5.41, 5.74) is 1.75. The lowest BCUT2D eigenvalue weighted by Crippen LogP contribution is -2.39. The monoisotopic (exact) mass is 444 g/mol. The molecule has 30 heavy (non-hydrogen) atoms. The number of rotatable bonds is 4. The molecule has 0 bridgehead atoms. The van der Waals surface area contributed by atoms with Crippen molar-refractivity contribution in [2.24, 2.45) is 0 Å². The lowest BCUT2D eigenvalue weighted by Gasteiger charge is -2.29. The van der Waals surface area contributed by atoms with Crippen molar-refractivity contribution < 1.29 is 9.53 Å². The van der Waals surface area contributed by atoms with Crippen LogP contribution in [0.3, 0.4) is 0 Å². The van der Waals surface area contributed by atoms with E-state index in [1.165, 1.54) is 11.8 Å². The number of carbonyl (C=O) groups excluding carboxylic acids is 1. The molecule has 2 aliphatic heterocycles. The van der Waals surface area contributed by atoms with Crippen molar-refractivity contribution in [2.75, 3.05) is 31.2 Å². The Kier molecular flexibility index (Phi) is 5.95. The van der Waals surface area contributed by atoms with E-state index in [9.17, 15) is 9.59 Å². The van der Waals surface area contributed by atoms with Crippen LogP contribution in [0.4, 0.5) is 5.82 Å². The zero-order valence-corrected chi connectivity index (χ0v) is 18.9. The van der Waals surface area contributed by atoms with Crippen LogP contribution < -0.4 is 10.5 Å². The summed E-state index contributed by atoms with van der Waals surface area (Å²) < 4.78 is 7.54. The Balaban J connectivity index is 1.88. The lowest BCUT2D eigenvalue weighted by atomic mass is 10.2. The van der Waals surface area contributed by atoms with Crippen LogP contribution in [-0.4, -0.2) is 56.9 Å². The number of hydrogen-bond acceptors (Lipinski definition) is 7. The van der Waals surface area contributed by atoms with Gasteiger partial charge in [0, 0.05) is 25.3 Å². The molecule has 1 atom stereocenters. The number of morpholine rings is 1. The number of amides is 1. The second-order valence-corrected chi connectivity index (χ2v) is 9.12. The fourth-order valence-corrected chi connectivity index (χ4v) is 5.06. The molecule has 1 amide bonds. The zero-order valence-electron chi connectivity index (χ0n) is 17.3. The Morgan fingerprint density at radius 2 is 2.07 bits per heavy atom. The minimum Gasteiger partial charge on any atom is -0.378 e. The molecule has 2 aromatic heterocycles. The molecule has 4 rings (SSSR count). The van der Waals surface area contributed by atoms with Crippen molar-refractivity contribution in [1.82, 2.24) is 14.3 Å². The molecule has 158 valence electrons. The maximum Gasteiger partial charge on any atom is 0.267 e. The Bertz CT molecular complexity index is 1110. The summed E-state index contributed by atoms with van der Waals surface area (Å²) in [6.45, 7) is 8.36. The zero-order chi connectivity index (χ0) is 21.4. The molecule has 0 aromatic carbocycles. The largest absolute Gasteiger partial charge is 0.378 e. The van der Waals surface area contributed by atoms with Crippen LogP contribution in [0.25, 0.3) is 11.7 Å². The first-order valence-electron chi connectivity index (χ1n) is 10.0. The Labute approximate surface area is 184 Å². The van der Waals surface area contributed by atoms with Crippen molar-refractivity contribution in [1.29, 1.82) is 0 Å². The maximum absolute atomic E-state index is 13.4. The van der Waals surface area contributed by atoms with Gasteiger partial charge in [-0.25, -0.2) is 4.98 Å². The van der Waals surface area contributed by atoms with E-state index in [0.717, 1.165) is 12.0 Å². The number of aromatic nitrogens is 2. The van der Waals surface area contributed by atoms with Gasteiger partial charge >= 0.3 is 0 Å². The Morgan fingerprint density at radius 3 is 2.77 bits per heavy atom. The number of hydrogen-bond donors (Lipinski definition) is 0. The SMILES string of the molecule is CCC(C)N1C(=O)C(=Cc2c(N3CCOCC3)nc3c(C)cccn3c2=O)SC1=S. The first kappa shape index (κ1) is 21.0. The van der Waals surface area contributed by atoms with E-state index in [4.69, 9.17) is 21.9 Å². The van der Waals surface area contributed by atoms with E-state index in [-0.39, 0.29) is 17.5 Å². The van der Waals surface area contributed by atoms with Gasteiger partial charge in [-0.2, -0.15) is 0 Å². The molecule has 4 heterocycles. The third kappa shape index (κ3) is 3.66. The number of anilines is 1. The molecular weight excluding hydrogens is 420 g/mol. The van der Waals surface area contributed by atoms with Gasteiger partial charge in [0.15, 0.2) is 0 Å². The van der Waals surface area contributed by atoms with Crippen LogP contribution in [0.2, 0.25) is 0 Å². The normalized spacial score (nSPS) is 19.9. The number of fused-ring (bicyclic) bond motifs is 1. The number of aryl methyl sites for hydroxylation is 1. The second-order valence-electron chi connectivity index (χ2n) is 7.45. The van der Waals surface area contributed by atoms with Crippen LogP contribution in [0.5, 0.6) is 0 Å². The highest BCUT2D eigenvalue weighted by Gasteiger charge is 2.35. The van der Waals surface area contributed by atoms with Crippen molar-refractivity contribution in [3.05, 3.63) is 44.7 Å². The number of carbonyl (C=O) groups is 1. The molecular formula is C21H24N4O3S2. The van der Waals surface area contributed by atoms with Crippen LogP contribution in [0.1, 0.15) is 31.4 Å². The standard InChI is InChI=1S/C21H24N4O3S2/c1-4-14(3)25-20(27)16(30-21(25)29)12-15-18(23-8-10-28-11-9-23)22-17-13(2)6-5-7-24(17)19(15)26/h5-7,12,14H,4,8-11H2,1-3H3. The number of thioether (sulfide) groups is 1. The molecule has 0 aliphatic carbocycles. The maximum atomic E-state index is 13.4. The molecule has 0 radical (unpaired) electrons. The van der Waals surface area contributed by atoms with Crippen LogP contribution in [-0.2, 0) is 9.53 Å². The first-order valence-corrected chi connectivity index (χ1v) is 11.3. The van der Waals surface area contributed by atoms with Gasteiger partial charge in [0.25, 0.3) is 11.5 Å². The van der Waals surface area contributed by atoms with Gasteiger partial charge in [-0.3, -0.25) is 18.9 Å². The molecule has 2 fully saturated rings.